The third kappa shape index (κ3) is 6.39. The summed E-state index contributed by atoms with van der Waals surface area (Å²) in [6.07, 6.45) is 1.61. The van der Waals surface area contributed by atoms with Crippen molar-refractivity contribution in [3.05, 3.63) is 24.7 Å². The van der Waals surface area contributed by atoms with Crippen molar-refractivity contribution in [1.82, 2.24) is 0 Å². The minimum absolute atomic E-state index is 0.131. The molecule has 0 aliphatic heterocycles. The summed E-state index contributed by atoms with van der Waals surface area (Å²) in [5.74, 6) is -0.601. The van der Waals surface area contributed by atoms with Crippen LogP contribution in [0.3, 0.4) is 0 Å². The fraction of sp³-hybridized carbons (Fsp3) is 0.571. The Kier molecular flexibility index (Phi) is 6.23. The van der Waals surface area contributed by atoms with Crippen molar-refractivity contribution >= 4 is 19.6 Å². The SMILES string of the molecule is BC(=C)C(=O)C(C)(C)OCCC(C)(C)OC(=O)C=C. The van der Waals surface area contributed by atoms with Crippen molar-refractivity contribution < 1.29 is 19.1 Å². The van der Waals surface area contributed by atoms with Crippen LogP contribution in [0.15, 0.2) is 24.7 Å². The van der Waals surface area contributed by atoms with E-state index in [9.17, 15) is 9.59 Å². The molecular formula is C14H23BO4. The molecule has 0 unspecified atom stereocenters. The second kappa shape index (κ2) is 6.71. The van der Waals surface area contributed by atoms with E-state index in [4.69, 9.17) is 9.47 Å². The number of carbonyl (C=O) groups is 2. The standard InChI is InChI=1S/C14H23BO4/c1-7-11(16)19-13(3,4)8-9-18-14(5,6)12(17)10(2)15/h7H,1-2,8-9,15H2,3-6H3. The molecule has 0 heterocycles. The smallest absolute Gasteiger partial charge is 0.330 e. The Morgan fingerprint density at radius 1 is 1.26 bits per heavy atom. The fourth-order valence-electron chi connectivity index (χ4n) is 1.50. The van der Waals surface area contributed by atoms with Gasteiger partial charge in [0.1, 0.15) is 19.0 Å². The van der Waals surface area contributed by atoms with Gasteiger partial charge >= 0.3 is 5.97 Å². The van der Waals surface area contributed by atoms with Crippen molar-refractivity contribution in [1.29, 1.82) is 0 Å². The molecule has 5 heteroatoms. The quantitative estimate of drug-likeness (QED) is 0.378. The number of ketones is 1. The van der Waals surface area contributed by atoms with E-state index in [1.165, 1.54) is 0 Å². The molecule has 0 atom stereocenters. The van der Waals surface area contributed by atoms with Crippen LogP contribution in [0.2, 0.25) is 0 Å². The summed E-state index contributed by atoms with van der Waals surface area (Å²) in [6.45, 7) is 14.2. The molecule has 106 valence electrons. The molecule has 0 N–H and O–H groups in total. The van der Waals surface area contributed by atoms with Crippen LogP contribution in [0.4, 0.5) is 0 Å². The predicted octanol–water partition coefficient (Wildman–Crippen LogP) is 1.40. The highest BCUT2D eigenvalue weighted by Crippen LogP contribution is 2.19. The maximum Gasteiger partial charge on any atom is 0.330 e. The summed E-state index contributed by atoms with van der Waals surface area (Å²) in [5, 5.41) is 0. The first kappa shape index (κ1) is 17.6. The number of hydrogen-bond acceptors (Lipinski definition) is 4. The molecule has 0 bridgehead atoms. The van der Waals surface area contributed by atoms with Crippen LogP contribution in [0.25, 0.3) is 0 Å². The van der Waals surface area contributed by atoms with Gasteiger partial charge in [-0.3, -0.25) is 4.79 Å². The zero-order valence-corrected chi connectivity index (χ0v) is 12.5. The van der Waals surface area contributed by atoms with Crippen molar-refractivity contribution in [3.8, 4) is 0 Å². The molecule has 0 radical (unpaired) electrons. The summed E-state index contributed by atoms with van der Waals surface area (Å²) in [7, 11) is 1.66. The van der Waals surface area contributed by atoms with E-state index >= 15 is 0 Å². The third-order valence-corrected chi connectivity index (χ3v) is 2.65. The van der Waals surface area contributed by atoms with E-state index in [2.05, 4.69) is 13.2 Å². The Balaban J connectivity index is 4.36. The Morgan fingerprint density at radius 3 is 2.21 bits per heavy atom. The molecule has 19 heavy (non-hydrogen) atoms. The van der Waals surface area contributed by atoms with Gasteiger partial charge in [-0.2, -0.15) is 0 Å². The first-order valence-electron chi connectivity index (χ1n) is 6.21. The van der Waals surface area contributed by atoms with Crippen LogP contribution in [0, 0.1) is 0 Å². The predicted molar refractivity (Wildman–Crippen MR) is 77.7 cm³/mol. The van der Waals surface area contributed by atoms with Crippen molar-refractivity contribution in [2.75, 3.05) is 6.61 Å². The Bertz CT molecular complexity index is 383. The highest BCUT2D eigenvalue weighted by molar-refractivity contribution is 6.37. The highest BCUT2D eigenvalue weighted by Gasteiger charge is 2.30. The number of ether oxygens (including phenoxy) is 2. The molecule has 0 aliphatic rings. The Labute approximate surface area is 116 Å². The van der Waals surface area contributed by atoms with Crippen molar-refractivity contribution in [2.24, 2.45) is 0 Å². The van der Waals surface area contributed by atoms with E-state index < -0.39 is 17.2 Å². The maximum atomic E-state index is 11.8. The van der Waals surface area contributed by atoms with Gasteiger partial charge in [-0.25, -0.2) is 4.79 Å². The van der Waals surface area contributed by atoms with E-state index in [0.29, 0.717) is 18.5 Å². The van der Waals surface area contributed by atoms with Gasteiger partial charge in [0, 0.05) is 12.5 Å². The summed E-state index contributed by atoms with van der Waals surface area (Å²) in [5.41, 5.74) is -1.11. The van der Waals surface area contributed by atoms with Gasteiger partial charge in [-0.15, -0.1) is 6.58 Å². The van der Waals surface area contributed by atoms with Gasteiger partial charge in [0.05, 0.1) is 6.61 Å². The largest absolute Gasteiger partial charge is 0.456 e. The number of hydrogen-bond donors (Lipinski definition) is 0. The second-order valence-corrected chi connectivity index (χ2v) is 5.60. The first-order chi connectivity index (χ1) is 8.52. The van der Waals surface area contributed by atoms with Crippen LogP contribution in [-0.4, -0.2) is 37.4 Å². The average molecular weight is 266 g/mol. The van der Waals surface area contributed by atoms with Gasteiger partial charge in [0.15, 0.2) is 5.78 Å². The topological polar surface area (TPSA) is 52.6 Å². The minimum atomic E-state index is -0.912. The van der Waals surface area contributed by atoms with Crippen LogP contribution in [0.5, 0.6) is 0 Å². The Hall–Kier alpha value is -1.36. The van der Waals surface area contributed by atoms with Crippen LogP contribution >= 0.6 is 0 Å². The molecule has 0 saturated carbocycles. The highest BCUT2D eigenvalue weighted by atomic mass is 16.6. The summed E-state index contributed by atoms with van der Waals surface area (Å²) in [4.78, 5) is 23.0. The van der Waals surface area contributed by atoms with E-state index in [0.717, 1.165) is 6.08 Å². The molecule has 0 aliphatic carbocycles. The van der Waals surface area contributed by atoms with E-state index in [1.807, 2.05) is 0 Å². The maximum absolute atomic E-state index is 11.8. The monoisotopic (exact) mass is 266 g/mol. The van der Waals surface area contributed by atoms with E-state index in [-0.39, 0.29) is 5.78 Å². The first-order valence-corrected chi connectivity index (χ1v) is 6.21. The third-order valence-electron chi connectivity index (χ3n) is 2.65. The molecule has 0 spiro atoms. The lowest BCUT2D eigenvalue weighted by atomic mass is 9.85. The van der Waals surface area contributed by atoms with Gasteiger partial charge in [0.2, 0.25) is 0 Å². The minimum Gasteiger partial charge on any atom is -0.456 e. The molecule has 0 fully saturated rings. The van der Waals surface area contributed by atoms with Gasteiger partial charge in [-0.1, -0.05) is 12.1 Å². The lowest BCUT2D eigenvalue weighted by Crippen LogP contribution is -2.38. The van der Waals surface area contributed by atoms with Gasteiger partial charge in [0.25, 0.3) is 0 Å². The molecule has 0 saturated heterocycles. The summed E-state index contributed by atoms with van der Waals surface area (Å²) < 4.78 is 10.7. The zero-order chi connectivity index (χ0) is 15.3. The molecule has 0 aromatic rings. The average Bonchev–Trinajstić information content (AvgIpc) is 2.26. The lowest BCUT2D eigenvalue weighted by molar-refractivity contribution is -0.154. The number of rotatable bonds is 8. The number of carbonyl (C=O) groups excluding carboxylic acids is 2. The summed E-state index contributed by atoms with van der Waals surface area (Å²) >= 11 is 0. The molecule has 0 aromatic carbocycles. The van der Waals surface area contributed by atoms with Crippen molar-refractivity contribution in [3.63, 3.8) is 0 Å². The van der Waals surface area contributed by atoms with Crippen LogP contribution < -0.4 is 0 Å². The normalized spacial score (nSPS) is 11.8. The van der Waals surface area contributed by atoms with Gasteiger partial charge < -0.3 is 9.47 Å². The van der Waals surface area contributed by atoms with Crippen molar-refractivity contribution in [2.45, 2.75) is 45.3 Å². The molecular weight excluding hydrogens is 243 g/mol. The zero-order valence-electron chi connectivity index (χ0n) is 12.5. The van der Waals surface area contributed by atoms with Gasteiger partial charge in [-0.05, 0) is 27.7 Å². The van der Waals surface area contributed by atoms with E-state index in [1.54, 1.807) is 35.5 Å². The van der Waals surface area contributed by atoms with Crippen LogP contribution in [0.1, 0.15) is 34.1 Å². The number of esters is 1. The Morgan fingerprint density at radius 2 is 1.79 bits per heavy atom. The lowest BCUT2D eigenvalue weighted by Gasteiger charge is -2.28. The molecule has 0 rings (SSSR count). The number of Topliss-reactive ketones (excluding diaryl/α,β-unsaturated/α-hetero) is 1. The van der Waals surface area contributed by atoms with Crippen LogP contribution in [-0.2, 0) is 19.1 Å². The summed E-state index contributed by atoms with van der Waals surface area (Å²) in [6, 6.07) is 0. The second-order valence-electron chi connectivity index (χ2n) is 5.60. The molecule has 0 aromatic heterocycles. The molecule has 0 amide bonds. The fourth-order valence-corrected chi connectivity index (χ4v) is 1.50. The molecule has 4 nitrogen and oxygen atoms in total.